The van der Waals surface area contributed by atoms with E-state index in [0.29, 0.717) is 16.5 Å². The molecular formula is C20H24N2O3S. The quantitative estimate of drug-likeness (QED) is 0.754. The first-order valence-electron chi connectivity index (χ1n) is 8.98. The summed E-state index contributed by atoms with van der Waals surface area (Å²) in [4.78, 5) is 31.1. The van der Waals surface area contributed by atoms with Gasteiger partial charge in [0.25, 0.3) is 5.91 Å². The van der Waals surface area contributed by atoms with Crippen molar-refractivity contribution in [2.45, 2.75) is 39.2 Å². The van der Waals surface area contributed by atoms with E-state index in [2.05, 4.69) is 29.2 Å². The summed E-state index contributed by atoms with van der Waals surface area (Å²) in [5.74, 6) is 0.0163. The zero-order valence-electron chi connectivity index (χ0n) is 15.2. The van der Waals surface area contributed by atoms with Gasteiger partial charge < -0.3 is 9.64 Å². The summed E-state index contributed by atoms with van der Waals surface area (Å²) in [5.41, 5.74) is 3.59. The summed E-state index contributed by atoms with van der Waals surface area (Å²) >= 11 is 1.24. The number of piperidine rings is 1. The number of hydrogen-bond acceptors (Lipinski definition) is 5. The second kappa shape index (κ2) is 8.45. The fraction of sp³-hybridized carbons (Fsp3) is 0.450. The zero-order chi connectivity index (χ0) is 18.5. The Morgan fingerprint density at radius 1 is 1.27 bits per heavy atom. The molecule has 1 unspecified atom stereocenters. The number of rotatable bonds is 5. The number of amides is 1. The van der Waals surface area contributed by atoms with Crippen molar-refractivity contribution in [3.05, 3.63) is 52.0 Å². The number of hydrogen-bond donors (Lipinski definition) is 0. The molecule has 0 spiro atoms. The maximum atomic E-state index is 12.6. The molecule has 1 aromatic heterocycles. The van der Waals surface area contributed by atoms with Gasteiger partial charge in [-0.15, -0.1) is 11.3 Å². The lowest BCUT2D eigenvalue weighted by Gasteiger charge is -2.33. The number of esters is 1. The highest BCUT2D eigenvalue weighted by molar-refractivity contribution is 7.11. The van der Waals surface area contributed by atoms with Crippen molar-refractivity contribution in [2.24, 2.45) is 5.92 Å². The van der Waals surface area contributed by atoms with Gasteiger partial charge in [0, 0.05) is 13.1 Å². The summed E-state index contributed by atoms with van der Waals surface area (Å²) in [7, 11) is 0. The number of thiazole rings is 1. The van der Waals surface area contributed by atoms with Crippen LogP contribution in [0.25, 0.3) is 0 Å². The van der Waals surface area contributed by atoms with E-state index in [0.717, 1.165) is 32.4 Å². The molecule has 1 aliphatic rings. The second-order valence-electron chi connectivity index (χ2n) is 6.77. The molecule has 1 amide bonds. The second-order valence-corrected chi connectivity index (χ2v) is 7.63. The predicted molar refractivity (Wildman–Crippen MR) is 101 cm³/mol. The van der Waals surface area contributed by atoms with Gasteiger partial charge in [0.15, 0.2) is 6.10 Å². The largest absolute Gasteiger partial charge is 0.448 e. The first-order valence-corrected chi connectivity index (χ1v) is 9.86. The van der Waals surface area contributed by atoms with Crippen LogP contribution in [-0.2, 0) is 16.0 Å². The Morgan fingerprint density at radius 2 is 1.96 bits per heavy atom. The van der Waals surface area contributed by atoms with Crippen LogP contribution in [0.3, 0.4) is 0 Å². The van der Waals surface area contributed by atoms with Gasteiger partial charge in [0.1, 0.15) is 4.88 Å². The number of aromatic nitrogens is 1. The summed E-state index contributed by atoms with van der Waals surface area (Å²) in [6.45, 7) is 4.85. The maximum absolute atomic E-state index is 12.6. The summed E-state index contributed by atoms with van der Waals surface area (Å²) in [6, 6.07) is 10.5. The highest BCUT2D eigenvalue weighted by atomic mass is 32.1. The molecule has 1 aromatic carbocycles. The fourth-order valence-corrected chi connectivity index (χ4v) is 4.01. The van der Waals surface area contributed by atoms with Crippen molar-refractivity contribution in [1.29, 1.82) is 0 Å². The van der Waals surface area contributed by atoms with E-state index in [1.54, 1.807) is 19.4 Å². The van der Waals surface area contributed by atoms with Crippen LogP contribution >= 0.6 is 11.3 Å². The van der Waals surface area contributed by atoms with Crippen molar-refractivity contribution in [1.82, 2.24) is 9.88 Å². The van der Waals surface area contributed by atoms with Crippen LogP contribution in [-0.4, -0.2) is 41.0 Å². The van der Waals surface area contributed by atoms with Gasteiger partial charge in [-0.3, -0.25) is 4.79 Å². The first-order chi connectivity index (χ1) is 12.5. The number of ether oxygens (including phenoxy) is 1. The molecule has 1 atom stereocenters. The van der Waals surface area contributed by atoms with Crippen molar-refractivity contribution in [3.8, 4) is 0 Å². The van der Waals surface area contributed by atoms with Crippen LogP contribution in [0.2, 0.25) is 0 Å². The standard InChI is InChI=1S/C20H24N2O3S/c1-14-18(26-13-21-14)20(24)25-15(2)19(23)22-10-8-17(9-11-22)12-16-6-4-3-5-7-16/h3-7,13,15,17H,8-12H2,1-2H3. The zero-order valence-corrected chi connectivity index (χ0v) is 16.0. The maximum Gasteiger partial charge on any atom is 0.351 e. The van der Waals surface area contributed by atoms with E-state index in [9.17, 15) is 9.59 Å². The molecule has 0 bridgehead atoms. The molecule has 1 saturated heterocycles. The third-order valence-electron chi connectivity index (χ3n) is 4.86. The molecule has 1 aliphatic heterocycles. The van der Waals surface area contributed by atoms with E-state index in [4.69, 9.17) is 4.74 Å². The van der Waals surface area contributed by atoms with Gasteiger partial charge in [0.2, 0.25) is 0 Å². The highest BCUT2D eigenvalue weighted by Gasteiger charge is 2.29. The fourth-order valence-electron chi connectivity index (χ4n) is 3.32. The van der Waals surface area contributed by atoms with Gasteiger partial charge >= 0.3 is 5.97 Å². The Hall–Kier alpha value is -2.21. The van der Waals surface area contributed by atoms with Crippen LogP contribution in [0.4, 0.5) is 0 Å². The minimum atomic E-state index is -0.769. The van der Waals surface area contributed by atoms with Crippen molar-refractivity contribution >= 4 is 23.2 Å². The van der Waals surface area contributed by atoms with Gasteiger partial charge in [-0.1, -0.05) is 30.3 Å². The number of aryl methyl sites for hydroxylation is 1. The summed E-state index contributed by atoms with van der Waals surface area (Å²) in [5, 5.41) is 0. The van der Waals surface area contributed by atoms with Gasteiger partial charge in [0.05, 0.1) is 11.2 Å². The van der Waals surface area contributed by atoms with Crippen molar-refractivity contribution < 1.29 is 14.3 Å². The number of benzene rings is 1. The van der Waals surface area contributed by atoms with E-state index in [1.807, 2.05) is 11.0 Å². The molecule has 3 rings (SSSR count). The van der Waals surface area contributed by atoms with Crippen molar-refractivity contribution in [2.75, 3.05) is 13.1 Å². The van der Waals surface area contributed by atoms with Crippen molar-refractivity contribution in [3.63, 3.8) is 0 Å². The van der Waals surface area contributed by atoms with E-state index in [1.165, 1.54) is 16.9 Å². The highest BCUT2D eigenvalue weighted by Crippen LogP contribution is 2.23. The molecule has 0 saturated carbocycles. The number of carbonyl (C=O) groups is 2. The molecule has 0 radical (unpaired) electrons. The minimum Gasteiger partial charge on any atom is -0.448 e. The predicted octanol–water partition coefficient (Wildman–Crippen LogP) is 3.48. The third-order valence-corrected chi connectivity index (χ3v) is 5.76. The van der Waals surface area contributed by atoms with E-state index < -0.39 is 12.1 Å². The molecule has 26 heavy (non-hydrogen) atoms. The lowest BCUT2D eigenvalue weighted by atomic mass is 9.90. The Bertz CT molecular complexity index is 751. The number of carbonyl (C=O) groups excluding carboxylic acids is 2. The summed E-state index contributed by atoms with van der Waals surface area (Å²) < 4.78 is 5.35. The SMILES string of the molecule is Cc1ncsc1C(=O)OC(C)C(=O)N1CCC(Cc2ccccc2)CC1. The lowest BCUT2D eigenvalue weighted by Crippen LogP contribution is -2.44. The first kappa shape index (κ1) is 18.6. The van der Waals surface area contributed by atoms with Crippen LogP contribution in [0.15, 0.2) is 35.8 Å². The molecule has 1 fully saturated rings. The minimum absolute atomic E-state index is 0.112. The molecule has 0 N–H and O–H groups in total. The Morgan fingerprint density at radius 3 is 2.58 bits per heavy atom. The Kier molecular flexibility index (Phi) is 6.04. The molecule has 0 aliphatic carbocycles. The molecule has 138 valence electrons. The van der Waals surface area contributed by atoms with E-state index in [-0.39, 0.29) is 5.91 Å². The average Bonchev–Trinajstić information content (AvgIpc) is 3.08. The monoisotopic (exact) mass is 372 g/mol. The number of likely N-dealkylation sites (tertiary alicyclic amines) is 1. The van der Waals surface area contributed by atoms with Crippen LogP contribution in [0, 0.1) is 12.8 Å². The van der Waals surface area contributed by atoms with Gasteiger partial charge in [-0.25, -0.2) is 9.78 Å². The Labute approximate surface area is 158 Å². The molecule has 5 nitrogen and oxygen atoms in total. The Balaban J connectivity index is 1.48. The van der Waals surface area contributed by atoms with Crippen LogP contribution in [0.1, 0.15) is 40.7 Å². The van der Waals surface area contributed by atoms with Gasteiger partial charge in [-0.05, 0) is 44.6 Å². The smallest absolute Gasteiger partial charge is 0.351 e. The topological polar surface area (TPSA) is 59.5 Å². The van der Waals surface area contributed by atoms with Gasteiger partial charge in [-0.2, -0.15) is 0 Å². The van der Waals surface area contributed by atoms with Crippen LogP contribution in [0.5, 0.6) is 0 Å². The van der Waals surface area contributed by atoms with E-state index >= 15 is 0 Å². The average molecular weight is 372 g/mol. The normalized spacial score (nSPS) is 16.3. The lowest BCUT2D eigenvalue weighted by molar-refractivity contribution is -0.141. The molecule has 2 aromatic rings. The summed E-state index contributed by atoms with van der Waals surface area (Å²) in [6.07, 6.45) is 2.25. The molecule has 6 heteroatoms. The third kappa shape index (κ3) is 4.49. The van der Waals surface area contributed by atoms with Crippen LogP contribution < -0.4 is 0 Å². The molecule has 2 heterocycles. The molecular weight excluding hydrogens is 348 g/mol. The number of nitrogens with zero attached hydrogens (tertiary/aromatic N) is 2.